The van der Waals surface area contributed by atoms with Crippen LogP contribution >= 0.6 is 0 Å². The zero-order valence-corrected chi connectivity index (χ0v) is 7.18. The Hall–Kier alpha value is -0.920. The minimum absolute atomic E-state index is 0.849. The molecule has 2 aliphatic rings. The van der Waals surface area contributed by atoms with Crippen molar-refractivity contribution in [1.82, 2.24) is 5.32 Å². The lowest BCUT2D eigenvalue weighted by Gasteiger charge is -2.07. The van der Waals surface area contributed by atoms with Crippen LogP contribution in [0.1, 0.15) is 20.3 Å². The van der Waals surface area contributed by atoms with Crippen LogP contribution in [0.3, 0.4) is 0 Å². The van der Waals surface area contributed by atoms with Crippen LogP contribution in [0.15, 0.2) is 23.6 Å². The largest absolute Gasteiger partial charge is 0.491 e. The minimum atomic E-state index is 0.849. The molecule has 1 N–H and O–H groups in total. The first kappa shape index (κ1) is 8.18. The molecule has 0 radical (unpaired) electrons. The van der Waals surface area contributed by atoms with E-state index in [4.69, 9.17) is 4.74 Å². The molecule has 0 saturated carbocycles. The average molecular weight is 153 g/mol. The van der Waals surface area contributed by atoms with Gasteiger partial charge in [0.15, 0.2) is 0 Å². The lowest BCUT2D eigenvalue weighted by molar-refractivity contribution is 0.257. The molecule has 0 bridgehead atoms. The van der Waals surface area contributed by atoms with Gasteiger partial charge in [-0.15, -0.1) is 0 Å². The van der Waals surface area contributed by atoms with Gasteiger partial charge in [0, 0.05) is 13.0 Å². The van der Waals surface area contributed by atoms with E-state index in [1.807, 2.05) is 19.9 Å². The van der Waals surface area contributed by atoms with Crippen LogP contribution in [0, 0.1) is 0 Å². The number of nitrogens with one attached hydrogen (secondary N) is 1. The Morgan fingerprint density at radius 3 is 3.00 bits per heavy atom. The number of hydrogen-bond donors (Lipinski definition) is 1. The Bertz CT molecular complexity index is 182. The molecule has 0 aliphatic carbocycles. The lowest BCUT2D eigenvalue weighted by Crippen LogP contribution is -2.15. The smallest absolute Gasteiger partial charge is 0.138 e. The van der Waals surface area contributed by atoms with Crippen LogP contribution in [0.5, 0.6) is 0 Å². The molecule has 2 aliphatic heterocycles. The molecule has 0 amide bonds. The molecule has 0 fully saturated rings. The molecule has 0 unspecified atom stereocenters. The summed E-state index contributed by atoms with van der Waals surface area (Å²) in [7, 11) is 0. The molecule has 0 atom stereocenters. The SMILES string of the molecule is C1=CC2=C(CCO2)NC1.CC. The van der Waals surface area contributed by atoms with Gasteiger partial charge in [-0.25, -0.2) is 0 Å². The summed E-state index contributed by atoms with van der Waals surface area (Å²) in [6.45, 7) is 5.81. The molecule has 0 spiro atoms. The normalized spacial score (nSPS) is 19.5. The van der Waals surface area contributed by atoms with Gasteiger partial charge in [0.05, 0.1) is 12.3 Å². The van der Waals surface area contributed by atoms with Gasteiger partial charge in [-0.05, 0) is 6.08 Å². The van der Waals surface area contributed by atoms with Crippen molar-refractivity contribution in [2.75, 3.05) is 13.2 Å². The Labute approximate surface area is 67.9 Å². The monoisotopic (exact) mass is 153 g/mol. The quantitative estimate of drug-likeness (QED) is 0.573. The van der Waals surface area contributed by atoms with E-state index in [2.05, 4.69) is 11.4 Å². The van der Waals surface area contributed by atoms with Gasteiger partial charge in [0.25, 0.3) is 0 Å². The Morgan fingerprint density at radius 2 is 2.27 bits per heavy atom. The van der Waals surface area contributed by atoms with E-state index >= 15 is 0 Å². The molecule has 0 aromatic heterocycles. The molecule has 0 aromatic rings. The summed E-state index contributed by atoms with van der Waals surface area (Å²) in [5, 5.41) is 3.25. The maximum Gasteiger partial charge on any atom is 0.138 e. The van der Waals surface area contributed by atoms with E-state index in [1.54, 1.807) is 0 Å². The molecule has 2 heteroatoms. The molecular formula is C9H15NO. The number of dihydropyridines is 1. The molecule has 2 rings (SSSR count). The summed E-state index contributed by atoms with van der Waals surface area (Å²) >= 11 is 0. The second-order valence-corrected chi connectivity index (χ2v) is 2.22. The molecule has 0 aromatic carbocycles. The van der Waals surface area contributed by atoms with Crippen molar-refractivity contribution in [2.24, 2.45) is 0 Å². The summed E-state index contributed by atoms with van der Waals surface area (Å²) in [5.41, 5.74) is 1.28. The van der Waals surface area contributed by atoms with Crippen LogP contribution in [-0.4, -0.2) is 13.2 Å². The van der Waals surface area contributed by atoms with Gasteiger partial charge in [-0.2, -0.15) is 0 Å². The van der Waals surface area contributed by atoms with E-state index in [1.165, 1.54) is 5.70 Å². The first-order valence-electron chi connectivity index (χ1n) is 4.23. The van der Waals surface area contributed by atoms with E-state index in [0.29, 0.717) is 0 Å². The van der Waals surface area contributed by atoms with Crippen LogP contribution < -0.4 is 5.32 Å². The summed E-state index contributed by atoms with van der Waals surface area (Å²) in [5.74, 6) is 1.04. The summed E-state index contributed by atoms with van der Waals surface area (Å²) in [6, 6.07) is 0. The summed E-state index contributed by atoms with van der Waals surface area (Å²) in [4.78, 5) is 0. The number of rotatable bonds is 0. The first-order valence-corrected chi connectivity index (χ1v) is 4.23. The van der Waals surface area contributed by atoms with Crippen LogP contribution in [0.2, 0.25) is 0 Å². The zero-order chi connectivity index (χ0) is 8.10. The molecular weight excluding hydrogens is 138 g/mol. The highest BCUT2D eigenvalue weighted by Gasteiger charge is 2.14. The predicted octanol–water partition coefficient (Wildman–Crippen LogP) is 1.80. The molecule has 11 heavy (non-hydrogen) atoms. The van der Waals surface area contributed by atoms with Gasteiger partial charge in [0.1, 0.15) is 5.76 Å². The van der Waals surface area contributed by atoms with Gasteiger partial charge in [-0.1, -0.05) is 19.9 Å². The maximum absolute atomic E-state index is 5.29. The maximum atomic E-state index is 5.29. The van der Waals surface area contributed by atoms with Crippen molar-refractivity contribution >= 4 is 0 Å². The zero-order valence-electron chi connectivity index (χ0n) is 7.18. The Morgan fingerprint density at radius 1 is 1.45 bits per heavy atom. The van der Waals surface area contributed by atoms with Crippen molar-refractivity contribution in [3.05, 3.63) is 23.6 Å². The number of ether oxygens (including phenoxy) is 1. The van der Waals surface area contributed by atoms with Crippen LogP contribution in [0.25, 0.3) is 0 Å². The fraction of sp³-hybridized carbons (Fsp3) is 0.556. The molecule has 0 saturated heterocycles. The van der Waals surface area contributed by atoms with E-state index in [-0.39, 0.29) is 0 Å². The van der Waals surface area contributed by atoms with Crippen molar-refractivity contribution in [1.29, 1.82) is 0 Å². The predicted molar refractivity (Wildman–Crippen MR) is 46.1 cm³/mol. The fourth-order valence-electron chi connectivity index (χ4n) is 1.15. The van der Waals surface area contributed by atoms with Gasteiger partial charge >= 0.3 is 0 Å². The average Bonchev–Trinajstić information content (AvgIpc) is 2.55. The fourth-order valence-corrected chi connectivity index (χ4v) is 1.15. The van der Waals surface area contributed by atoms with Crippen LogP contribution in [0.4, 0.5) is 0 Å². The van der Waals surface area contributed by atoms with E-state index in [0.717, 1.165) is 25.3 Å². The summed E-state index contributed by atoms with van der Waals surface area (Å²) < 4.78 is 5.29. The summed E-state index contributed by atoms with van der Waals surface area (Å²) in [6.07, 6.45) is 5.17. The molecule has 2 nitrogen and oxygen atoms in total. The number of hydrogen-bond acceptors (Lipinski definition) is 2. The highest BCUT2D eigenvalue weighted by atomic mass is 16.5. The molecule has 62 valence electrons. The third kappa shape index (κ3) is 1.76. The van der Waals surface area contributed by atoms with E-state index < -0.39 is 0 Å². The van der Waals surface area contributed by atoms with Crippen LogP contribution in [-0.2, 0) is 4.74 Å². The van der Waals surface area contributed by atoms with Crippen molar-refractivity contribution in [2.45, 2.75) is 20.3 Å². The van der Waals surface area contributed by atoms with Gasteiger partial charge in [-0.3, -0.25) is 0 Å². The highest BCUT2D eigenvalue weighted by Crippen LogP contribution is 2.19. The second-order valence-electron chi connectivity index (χ2n) is 2.22. The van der Waals surface area contributed by atoms with Crippen molar-refractivity contribution in [3.8, 4) is 0 Å². The van der Waals surface area contributed by atoms with Crippen molar-refractivity contribution < 1.29 is 4.74 Å². The minimum Gasteiger partial charge on any atom is -0.491 e. The third-order valence-electron chi connectivity index (χ3n) is 1.61. The standard InChI is InChI=1S/C7H9NO.C2H6/c1-2-7-6(8-4-1)3-5-9-7;1-2/h1-2,8H,3-5H2;1-2H3. The topological polar surface area (TPSA) is 21.3 Å². The lowest BCUT2D eigenvalue weighted by atomic mass is 10.2. The molecule has 2 heterocycles. The Balaban J connectivity index is 0.000000281. The van der Waals surface area contributed by atoms with E-state index in [9.17, 15) is 0 Å². The Kier molecular flexibility index (Phi) is 3.02. The van der Waals surface area contributed by atoms with Crippen molar-refractivity contribution in [3.63, 3.8) is 0 Å². The first-order chi connectivity index (χ1) is 5.47. The highest BCUT2D eigenvalue weighted by molar-refractivity contribution is 5.26. The van der Waals surface area contributed by atoms with Gasteiger partial charge < -0.3 is 10.1 Å². The third-order valence-corrected chi connectivity index (χ3v) is 1.61. The second kappa shape index (κ2) is 4.06. The number of allylic oxidation sites excluding steroid dienone is 1. The van der Waals surface area contributed by atoms with Gasteiger partial charge in [0.2, 0.25) is 0 Å².